The van der Waals surface area contributed by atoms with Crippen LogP contribution >= 0.6 is 0 Å². The van der Waals surface area contributed by atoms with Crippen molar-refractivity contribution in [1.29, 1.82) is 0 Å². The number of hydrogen-bond donors (Lipinski definition) is 0. The number of para-hydroxylation sites is 1. The standard InChI is InChI=1S/C19H21N3/c1-4-8-18-20-19(16-11-7-9-14(2)13-16)21-22(18)17-12-6-5-10-15(17)3/h5-7,9-13H,4,8H2,1-3H3. The van der Waals surface area contributed by atoms with Gasteiger partial charge in [0.1, 0.15) is 5.82 Å². The van der Waals surface area contributed by atoms with Crippen LogP contribution in [0.5, 0.6) is 0 Å². The van der Waals surface area contributed by atoms with E-state index in [1.54, 1.807) is 0 Å². The summed E-state index contributed by atoms with van der Waals surface area (Å²) in [6, 6.07) is 16.7. The Kier molecular flexibility index (Phi) is 4.05. The smallest absolute Gasteiger partial charge is 0.181 e. The van der Waals surface area contributed by atoms with E-state index in [2.05, 4.69) is 63.2 Å². The molecule has 0 atom stereocenters. The summed E-state index contributed by atoms with van der Waals surface area (Å²) in [5, 5.41) is 4.78. The van der Waals surface area contributed by atoms with Gasteiger partial charge in [-0.25, -0.2) is 9.67 Å². The third-order valence-corrected chi connectivity index (χ3v) is 3.77. The number of rotatable bonds is 4. The van der Waals surface area contributed by atoms with Crippen molar-refractivity contribution in [2.24, 2.45) is 0 Å². The summed E-state index contributed by atoms with van der Waals surface area (Å²) in [7, 11) is 0. The van der Waals surface area contributed by atoms with Crippen molar-refractivity contribution in [2.45, 2.75) is 33.6 Å². The molecule has 3 nitrogen and oxygen atoms in total. The molecule has 0 radical (unpaired) electrons. The molecule has 0 saturated heterocycles. The Morgan fingerprint density at radius 3 is 2.55 bits per heavy atom. The van der Waals surface area contributed by atoms with Gasteiger partial charge in [0, 0.05) is 12.0 Å². The maximum Gasteiger partial charge on any atom is 0.181 e. The molecule has 1 heterocycles. The fraction of sp³-hybridized carbons (Fsp3) is 0.263. The maximum absolute atomic E-state index is 4.78. The minimum absolute atomic E-state index is 0.801. The molecule has 22 heavy (non-hydrogen) atoms. The van der Waals surface area contributed by atoms with Crippen LogP contribution in [0, 0.1) is 13.8 Å². The molecule has 0 saturated carbocycles. The highest BCUT2D eigenvalue weighted by Gasteiger charge is 2.13. The van der Waals surface area contributed by atoms with Crippen molar-refractivity contribution >= 4 is 0 Å². The SMILES string of the molecule is CCCc1nc(-c2cccc(C)c2)nn1-c1ccccc1C. The van der Waals surface area contributed by atoms with Crippen molar-refractivity contribution in [2.75, 3.05) is 0 Å². The Balaban J connectivity index is 2.12. The van der Waals surface area contributed by atoms with E-state index in [9.17, 15) is 0 Å². The maximum atomic E-state index is 4.78. The highest BCUT2D eigenvalue weighted by molar-refractivity contribution is 5.56. The normalized spacial score (nSPS) is 10.9. The highest BCUT2D eigenvalue weighted by atomic mass is 15.4. The van der Waals surface area contributed by atoms with E-state index < -0.39 is 0 Å². The monoisotopic (exact) mass is 291 g/mol. The molecule has 0 aliphatic rings. The summed E-state index contributed by atoms with van der Waals surface area (Å²) in [5.41, 5.74) is 4.62. The van der Waals surface area contributed by atoms with E-state index in [1.807, 2.05) is 10.7 Å². The predicted molar refractivity (Wildman–Crippen MR) is 90.3 cm³/mol. The van der Waals surface area contributed by atoms with Crippen molar-refractivity contribution in [3.05, 3.63) is 65.5 Å². The molecule has 112 valence electrons. The lowest BCUT2D eigenvalue weighted by atomic mass is 10.1. The first-order chi connectivity index (χ1) is 10.7. The second kappa shape index (κ2) is 6.14. The fourth-order valence-electron chi connectivity index (χ4n) is 2.63. The molecule has 0 aliphatic carbocycles. The average molecular weight is 291 g/mol. The van der Waals surface area contributed by atoms with Crippen molar-refractivity contribution in [3.8, 4) is 17.1 Å². The summed E-state index contributed by atoms with van der Waals surface area (Å²) in [4.78, 5) is 4.78. The van der Waals surface area contributed by atoms with Gasteiger partial charge in [0.15, 0.2) is 5.82 Å². The third kappa shape index (κ3) is 2.80. The van der Waals surface area contributed by atoms with Crippen LogP contribution < -0.4 is 0 Å². The topological polar surface area (TPSA) is 30.7 Å². The van der Waals surface area contributed by atoms with Crippen molar-refractivity contribution in [3.63, 3.8) is 0 Å². The Labute approximate surface area is 131 Å². The van der Waals surface area contributed by atoms with Gasteiger partial charge >= 0.3 is 0 Å². The molecule has 0 aliphatic heterocycles. The molecule has 1 aromatic heterocycles. The molecule has 3 aromatic rings. The van der Waals surface area contributed by atoms with E-state index in [4.69, 9.17) is 10.1 Å². The first-order valence-corrected chi connectivity index (χ1v) is 7.78. The van der Waals surface area contributed by atoms with Gasteiger partial charge in [0.05, 0.1) is 5.69 Å². The van der Waals surface area contributed by atoms with E-state index in [-0.39, 0.29) is 0 Å². The quantitative estimate of drug-likeness (QED) is 0.708. The predicted octanol–water partition coefficient (Wildman–Crippen LogP) is 4.50. The molecule has 0 fully saturated rings. The van der Waals surface area contributed by atoms with Crippen LogP contribution in [0.1, 0.15) is 30.3 Å². The van der Waals surface area contributed by atoms with Crippen molar-refractivity contribution in [1.82, 2.24) is 14.8 Å². The molecule has 0 unspecified atom stereocenters. The fourth-order valence-corrected chi connectivity index (χ4v) is 2.63. The average Bonchev–Trinajstić information content (AvgIpc) is 2.92. The van der Waals surface area contributed by atoms with Crippen LogP contribution in [0.15, 0.2) is 48.5 Å². The second-order valence-electron chi connectivity index (χ2n) is 5.67. The summed E-state index contributed by atoms with van der Waals surface area (Å²) in [5.74, 6) is 1.82. The molecule has 0 bridgehead atoms. The van der Waals surface area contributed by atoms with E-state index in [0.717, 1.165) is 35.7 Å². The van der Waals surface area contributed by atoms with Gasteiger partial charge in [0.2, 0.25) is 0 Å². The minimum atomic E-state index is 0.801. The molecule has 2 aromatic carbocycles. The van der Waals surface area contributed by atoms with Gasteiger partial charge in [0.25, 0.3) is 0 Å². The first-order valence-electron chi connectivity index (χ1n) is 7.78. The number of aryl methyl sites for hydroxylation is 3. The highest BCUT2D eigenvalue weighted by Crippen LogP contribution is 2.21. The van der Waals surface area contributed by atoms with Gasteiger partial charge in [-0.15, -0.1) is 5.10 Å². The van der Waals surface area contributed by atoms with Gasteiger partial charge in [-0.3, -0.25) is 0 Å². The van der Waals surface area contributed by atoms with Gasteiger partial charge in [-0.2, -0.15) is 0 Å². The van der Waals surface area contributed by atoms with Crippen LogP contribution in [0.4, 0.5) is 0 Å². The lowest BCUT2D eigenvalue weighted by Gasteiger charge is -2.07. The number of benzene rings is 2. The Morgan fingerprint density at radius 2 is 1.82 bits per heavy atom. The second-order valence-corrected chi connectivity index (χ2v) is 5.67. The number of aromatic nitrogens is 3. The van der Waals surface area contributed by atoms with E-state index in [1.165, 1.54) is 11.1 Å². The van der Waals surface area contributed by atoms with E-state index in [0.29, 0.717) is 0 Å². The molecular formula is C19H21N3. The Hall–Kier alpha value is -2.42. The van der Waals surface area contributed by atoms with Gasteiger partial charge in [-0.1, -0.05) is 48.9 Å². The first kappa shape index (κ1) is 14.5. The largest absolute Gasteiger partial charge is 0.217 e. The number of hydrogen-bond acceptors (Lipinski definition) is 2. The van der Waals surface area contributed by atoms with Crippen molar-refractivity contribution < 1.29 is 0 Å². The zero-order chi connectivity index (χ0) is 15.5. The molecule has 0 spiro atoms. The minimum Gasteiger partial charge on any atom is -0.217 e. The van der Waals surface area contributed by atoms with Gasteiger partial charge in [-0.05, 0) is 38.0 Å². The summed E-state index contributed by atoms with van der Waals surface area (Å²) >= 11 is 0. The van der Waals surface area contributed by atoms with Crippen LogP contribution in [0.3, 0.4) is 0 Å². The molecule has 0 N–H and O–H groups in total. The molecule has 0 amide bonds. The molecule has 3 heteroatoms. The summed E-state index contributed by atoms with van der Waals surface area (Å²) in [6.07, 6.45) is 1.98. The number of nitrogens with zero attached hydrogens (tertiary/aromatic N) is 3. The summed E-state index contributed by atoms with van der Waals surface area (Å²) < 4.78 is 2.00. The van der Waals surface area contributed by atoms with E-state index >= 15 is 0 Å². The molecular weight excluding hydrogens is 270 g/mol. The lowest BCUT2D eigenvalue weighted by Crippen LogP contribution is -2.04. The lowest BCUT2D eigenvalue weighted by molar-refractivity contribution is 0.756. The van der Waals surface area contributed by atoms with Crippen LogP contribution in [-0.4, -0.2) is 14.8 Å². The zero-order valence-electron chi connectivity index (χ0n) is 13.4. The van der Waals surface area contributed by atoms with Gasteiger partial charge < -0.3 is 0 Å². The summed E-state index contributed by atoms with van der Waals surface area (Å²) in [6.45, 7) is 6.37. The molecule has 3 rings (SSSR count). The Morgan fingerprint density at radius 1 is 1.00 bits per heavy atom. The Bertz CT molecular complexity index is 787. The zero-order valence-corrected chi connectivity index (χ0v) is 13.4. The third-order valence-electron chi connectivity index (χ3n) is 3.77. The van der Waals surface area contributed by atoms with Crippen LogP contribution in [0.2, 0.25) is 0 Å². The van der Waals surface area contributed by atoms with Crippen LogP contribution in [0.25, 0.3) is 17.1 Å². The van der Waals surface area contributed by atoms with Crippen LogP contribution in [-0.2, 0) is 6.42 Å².